The molecule has 28 heavy (non-hydrogen) atoms. The van der Waals surface area contributed by atoms with Crippen LogP contribution in [0.3, 0.4) is 0 Å². The van der Waals surface area contributed by atoms with Crippen LogP contribution in [0.1, 0.15) is 24.8 Å². The van der Waals surface area contributed by atoms with Crippen molar-refractivity contribution in [2.45, 2.75) is 38.0 Å². The summed E-state index contributed by atoms with van der Waals surface area (Å²) in [6, 6.07) is 7.61. The Morgan fingerprint density at radius 3 is 2.21 bits per heavy atom. The fourth-order valence-electron chi connectivity index (χ4n) is 2.09. The van der Waals surface area contributed by atoms with E-state index in [0.717, 1.165) is 11.0 Å². The maximum Gasteiger partial charge on any atom is 0.426 e. The second-order valence-electron chi connectivity index (χ2n) is 6.08. The number of halogens is 3. The van der Waals surface area contributed by atoms with E-state index in [9.17, 15) is 31.2 Å². The molecule has 0 aliphatic carbocycles. The van der Waals surface area contributed by atoms with Gasteiger partial charge in [0, 0.05) is 19.3 Å². The number of rotatable bonds is 10. The Kier molecular flexibility index (Phi) is 8.96. The average molecular weight is 424 g/mol. The minimum Gasteiger partial charge on any atom is -0.465 e. The molecule has 0 bridgehead atoms. The second kappa shape index (κ2) is 10.5. The van der Waals surface area contributed by atoms with Crippen molar-refractivity contribution in [3.05, 3.63) is 29.8 Å². The van der Waals surface area contributed by atoms with Gasteiger partial charge in [-0.1, -0.05) is 29.7 Å². The van der Waals surface area contributed by atoms with Crippen molar-refractivity contribution in [3.63, 3.8) is 0 Å². The number of carbonyl (C=O) groups is 2. The summed E-state index contributed by atoms with van der Waals surface area (Å²) in [5, 5.41) is 0. The largest absolute Gasteiger partial charge is 0.465 e. The van der Waals surface area contributed by atoms with Crippen molar-refractivity contribution < 1.29 is 45.2 Å². The van der Waals surface area contributed by atoms with Crippen LogP contribution in [-0.4, -0.2) is 57.4 Å². The molecule has 1 rings (SSSR count). The highest BCUT2D eigenvalue weighted by Gasteiger charge is 2.45. The molecular formula is C16H20BF3O7S. The molecule has 0 amide bonds. The lowest BCUT2D eigenvalue weighted by molar-refractivity contribution is -0.215. The number of esters is 2. The third kappa shape index (κ3) is 10.3. The highest BCUT2D eigenvalue weighted by molar-refractivity contribution is 7.85. The molecule has 7 nitrogen and oxygen atoms in total. The molecule has 0 aliphatic rings. The van der Waals surface area contributed by atoms with E-state index in [1.165, 1.54) is 0 Å². The van der Waals surface area contributed by atoms with Crippen molar-refractivity contribution in [2.75, 3.05) is 12.4 Å². The molecule has 0 spiro atoms. The van der Waals surface area contributed by atoms with Gasteiger partial charge >= 0.3 is 18.1 Å². The first-order valence-electron chi connectivity index (χ1n) is 8.29. The van der Waals surface area contributed by atoms with Gasteiger partial charge in [0.05, 0.1) is 6.61 Å². The molecule has 0 aromatic heterocycles. The zero-order valence-corrected chi connectivity index (χ0v) is 15.9. The molecule has 1 N–H and O–H groups in total. The fourth-order valence-corrected chi connectivity index (χ4v) is 2.73. The molecular weight excluding hydrogens is 404 g/mol. The standard InChI is InChI=1S/C16H20BF3O7S/c17-12-6-4-11(5-7-12)8-9-26-14(21)2-1-3-15(22)27-13(16(18,19)20)10-28(23,24)25/h4-7,13H,1-3,8-10,17H2,(H,23,24,25). The number of alkyl halides is 3. The number of ether oxygens (including phenoxy) is 2. The van der Waals surface area contributed by atoms with Crippen LogP contribution in [-0.2, 0) is 35.6 Å². The molecule has 1 unspecified atom stereocenters. The van der Waals surface area contributed by atoms with Crippen LogP contribution in [0, 0.1) is 0 Å². The van der Waals surface area contributed by atoms with E-state index in [2.05, 4.69) is 4.74 Å². The molecule has 12 heteroatoms. The first-order valence-corrected chi connectivity index (χ1v) is 9.90. The number of hydrogen-bond donors (Lipinski definition) is 1. The molecule has 0 saturated heterocycles. The van der Waals surface area contributed by atoms with Crippen LogP contribution >= 0.6 is 0 Å². The lowest BCUT2D eigenvalue weighted by atomic mass is 9.95. The summed E-state index contributed by atoms with van der Waals surface area (Å²) in [6.07, 6.45) is -8.50. The summed E-state index contributed by atoms with van der Waals surface area (Å²) in [4.78, 5) is 23.0. The minimum absolute atomic E-state index is 0.122. The smallest absolute Gasteiger partial charge is 0.426 e. The molecule has 0 radical (unpaired) electrons. The number of benzene rings is 1. The van der Waals surface area contributed by atoms with Crippen molar-refractivity contribution >= 4 is 35.4 Å². The van der Waals surface area contributed by atoms with Gasteiger partial charge in [0.2, 0.25) is 6.10 Å². The van der Waals surface area contributed by atoms with E-state index in [0.29, 0.717) is 6.42 Å². The monoisotopic (exact) mass is 424 g/mol. The van der Waals surface area contributed by atoms with Gasteiger partial charge in [-0.25, -0.2) is 0 Å². The van der Waals surface area contributed by atoms with Crippen molar-refractivity contribution in [1.82, 2.24) is 0 Å². The molecule has 0 saturated carbocycles. The van der Waals surface area contributed by atoms with Crippen LogP contribution in [0.25, 0.3) is 0 Å². The van der Waals surface area contributed by atoms with Gasteiger partial charge in [0.15, 0.2) is 0 Å². The van der Waals surface area contributed by atoms with E-state index in [-0.39, 0.29) is 19.4 Å². The Hall–Kier alpha value is -2.08. The van der Waals surface area contributed by atoms with Gasteiger partial charge in [-0.15, -0.1) is 0 Å². The second-order valence-corrected chi connectivity index (χ2v) is 7.58. The van der Waals surface area contributed by atoms with Gasteiger partial charge in [-0.05, 0) is 12.0 Å². The predicted molar refractivity (Wildman–Crippen MR) is 95.5 cm³/mol. The van der Waals surface area contributed by atoms with Crippen LogP contribution in [0.4, 0.5) is 13.2 Å². The molecule has 0 fully saturated rings. The van der Waals surface area contributed by atoms with Crippen molar-refractivity contribution in [3.8, 4) is 0 Å². The summed E-state index contributed by atoms with van der Waals surface area (Å²) in [5.74, 6) is -3.74. The highest BCUT2D eigenvalue weighted by Crippen LogP contribution is 2.24. The third-order valence-corrected chi connectivity index (χ3v) is 4.26. The molecule has 1 atom stereocenters. The summed E-state index contributed by atoms with van der Waals surface area (Å²) in [5.41, 5.74) is 2.07. The molecule has 1 aromatic rings. The molecule has 1 aromatic carbocycles. The summed E-state index contributed by atoms with van der Waals surface area (Å²) in [6.45, 7) is 0.122. The van der Waals surface area contributed by atoms with Crippen molar-refractivity contribution in [1.29, 1.82) is 0 Å². The van der Waals surface area contributed by atoms with Crippen LogP contribution < -0.4 is 5.46 Å². The van der Waals surface area contributed by atoms with E-state index < -0.39 is 46.5 Å². The zero-order chi connectivity index (χ0) is 21.4. The summed E-state index contributed by atoms with van der Waals surface area (Å²) in [7, 11) is -3.05. The maximum atomic E-state index is 12.6. The lowest BCUT2D eigenvalue weighted by Gasteiger charge is -2.19. The van der Waals surface area contributed by atoms with Crippen molar-refractivity contribution in [2.24, 2.45) is 0 Å². The van der Waals surface area contributed by atoms with Gasteiger partial charge in [-0.2, -0.15) is 21.6 Å². The molecule has 156 valence electrons. The van der Waals surface area contributed by atoms with Crippen LogP contribution in [0.2, 0.25) is 0 Å². The number of hydrogen-bond acceptors (Lipinski definition) is 6. The van der Waals surface area contributed by atoms with Crippen LogP contribution in [0.15, 0.2) is 24.3 Å². The Labute approximate surface area is 161 Å². The maximum absolute atomic E-state index is 12.6. The van der Waals surface area contributed by atoms with E-state index >= 15 is 0 Å². The Morgan fingerprint density at radius 2 is 1.68 bits per heavy atom. The summed E-state index contributed by atoms with van der Waals surface area (Å²) < 4.78 is 76.7. The average Bonchev–Trinajstić information content (AvgIpc) is 2.54. The normalized spacial score (nSPS) is 13.0. The Bertz CT molecular complexity index is 763. The SMILES string of the molecule is Bc1ccc(CCOC(=O)CCCC(=O)OC(CS(=O)(=O)O)C(F)(F)F)cc1. The van der Waals surface area contributed by atoms with E-state index in [1.54, 1.807) is 0 Å². The molecule has 0 heterocycles. The highest BCUT2D eigenvalue weighted by atomic mass is 32.2. The quantitative estimate of drug-likeness (QED) is 0.332. The van der Waals surface area contributed by atoms with Gasteiger partial charge in [0.25, 0.3) is 10.1 Å². The topological polar surface area (TPSA) is 107 Å². The minimum atomic E-state index is -5.15. The van der Waals surface area contributed by atoms with Crippen LogP contribution in [0.5, 0.6) is 0 Å². The van der Waals surface area contributed by atoms with Gasteiger partial charge < -0.3 is 9.47 Å². The lowest BCUT2D eigenvalue weighted by Crippen LogP contribution is -2.39. The first-order chi connectivity index (χ1) is 12.9. The van der Waals surface area contributed by atoms with Gasteiger partial charge in [0.1, 0.15) is 13.6 Å². The van der Waals surface area contributed by atoms with E-state index in [1.807, 2.05) is 32.1 Å². The first kappa shape index (κ1) is 24.0. The predicted octanol–water partition coefficient (Wildman–Crippen LogP) is 0.563. The Balaban J connectivity index is 2.31. The summed E-state index contributed by atoms with van der Waals surface area (Å²) >= 11 is 0. The molecule has 0 aliphatic heterocycles. The fraction of sp³-hybridized carbons (Fsp3) is 0.500. The Morgan fingerprint density at radius 1 is 1.11 bits per heavy atom. The number of carbonyl (C=O) groups excluding carboxylic acids is 2. The zero-order valence-electron chi connectivity index (χ0n) is 15.1. The van der Waals surface area contributed by atoms with E-state index in [4.69, 9.17) is 9.29 Å². The van der Waals surface area contributed by atoms with Gasteiger partial charge in [-0.3, -0.25) is 14.1 Å². The third-order valence-electron chi connectivity index (χ3n) is 3.54.